The van der Waals surface area contributed by atoms with Crippen LogP contribution in [0.25, 0.3) is 0 Å². The van der Waals surface area contributed by atoms with Gasteiger partial charge in [-0.05, 0) is 25.7 Å². The van der Waals surface area contributed by atoms with Crippen molar-refractivity contribution in [2.24, 2.45) is 0 Å². The summed E-state index contributed by atoms with van der Waals surface area (Å²) in [6.45, 7) is 6.38. The largest absolute Gasteiger partial charge is 0.255 e. The van der Waals surface area contributed by atoms with Gasteiger partial charge in [-0.1, -0.05) is 39.2 Å². The minimum atomic E-state index is -0.726. The van der Waals surface area contributed by atoms with Crippen LogP contribution in [0.5, 0.6) is 0 Å². The standard InChI is InChI=1S/C12H24OS/c1-4-7-9-12(10-8-5-2)11-14(13)6-3/h11H,4-10H2,1-3H3. The Morgan fingerprint density at radius 1 is 1.07 bits per heavy atom. The molecule has 0 fully saturated rings. The van der Waals surface area contributed by atoms with Crippen molar-refractivity contribution in [2.75, 3.05) is 5.75 Å². The van der Waals surface area contributed by atoms with Crippen molar-refractivity contribution in [1.82, 2.24) is 0 Å². The van der Waals surface area contributed by atoms with E-state index in [2.05, 4.69) is 13.8 Å². The first-order valence-electron chi connectivity index (χ1n) is 5.81. The molecule has 0 aromatic carbocycles. The van der Waals surface area contributed by atoms with E-state index >= 15 is 0 Å². The average Bonchev–Trinajstić information content (AvgIpc) is 2.21. The van der Waals surface area contributed by atoms with Gasteiger partial charge in [-0.25, -0.2) is 0 Å². The monoisotopic (exact) mass is 216 g/mol. The van der Waals surface area contributed by atoms with Crippen LogP contribution in [0, 0.1) is 0 Å². The molecular weight excluding hydrogens is 192 g/mol. The quantitative estimate of drug-likeness (QED) is 0.599. The average molecular weight is 216 g/mol. The zero-order chi connectivity index (χ0) is 10.8. The van der Waals surface area contributed by atoms with Crippen LogP contribution in [0.1, 0.15) is 59.3 Å². The number of hydrogen-bond donors (Lipinski definition) is 0. The van der Waals surface area contributed by atoms with Gasteiger partial charge in [-0.2, -0.15) is 0 Å². The van der Waals surface area contributed by atoms with Gasteiger partial charge in [0.05, 0.1) is 0 Å². The van der Waals surface area contributed by atoms with Gasteiger partial charge in [0.2, 0.25) is 0 Å². The highest BCUT2D eigenvalue weighted by Crippen LogP contribution is 2.15. The Hall–Kier alpha value is -0.110. The van der Waals surface area contributed by atoms with E-state index in [1.807, 2.05) is 12.3 Å². The van der Waals surface area contributed by atoms with Crippen LogP contribution >= 0.6 is 0 Å². The highest BCUT2D eigenvalue weighted by Gasteiger charge is 1.99. The van der Waals surface area contributed by atoms with Crippen LogP contribution in [0.2, 0.25) is 0 Å². The van der Waals surface area contributed by atoms with E-state index in [1.165, 1.54) is 31.3 Å². The smallest absolute Gasteiger partial charge is 0.0452 e. The molecule has 0 aliphatic heterocycles. The lowest BCUT2D eigenvalue weighted by molar-refractivity contribution is 0.686. The van der Waals surface area contributed by atoms with Gasteiger partial charge in [-0.15, -0.1) is 0 Å². The Balaban J connectivity index is 4.07. The van der Waals surface area contributed by atoms with Crippen LogP contribution in [0.15, 0.2) is 11.0 Å². The van der Waals surface area contributed by atoms with Crippen molar-refractivity contribution < 1.29 is 4.21 Å². The molecule has 0 aromatic heterocycles. The van der Waals surface area contributed by atoms with E-state index in [1.54, 1.807) is 0 Å². The molecule has 0 aliphatic rings. The SMILES string of the molecule is CCCCC(=CS(=O)CC)CCCC. The molecule has 0 rings (SSSR count). The Bertz CT molecular complexity index is 175. The molecule has 0 aliphatic carbocycles. The van der Waals surface area contributed by atoms with Gasteiger partial charge in [0.25, 0.3) is 0 Å². The molecule has 2 heteroatoms. The summed E-state index contributed by atoms with van der Waals surface area (Å²) in [5.41, 5.74) is 1.41. The fraction of sp³-hybridized carbons (Fsp3) is 0.833. The maximum atomic E-state index is 11.4. The normalized spacial score (nSPS) is 12.5. The number of rotatable bonds is 8. The van der Waals surface area contributed by atoms with E-state index in [0.29, 0.717) is 0 Å². The fourth-order valence-corrected chi connectivity index (χ4v) is 2.09. The summed E-state index contributed by atoms with van der Waals surface area (Å²) in [5, 5.41) is 1.99. The number of unbranched alkanes of at least 4 members (excludes halogenated alkanes) is 2. The number of allylic oxidation sites excluding steroid dienone is 1. The van der Waals surface area contributed by atoms with E-state index < -0.39 is 10.8 Å². The predicted molar refractivity (Wildman–Crippen MR) is 65.8 cm³/mol. The first-order valence-corrected chi connectivity index (χ1v) is 7.19. The molecule has 1 nitrogen and oxygen atoms in total. The van der Waals surface area contributed by atoms with Gasteiger partial charge < -0.3 is 0 Å². The molecule has 0 aromatic rings. The third-order valence-corrected chi connectivity index (χ3v) is 3.45. The second kappa shape index (κ2) is 9.45. The molecule has 14 heavy (non-hydrogen) atoms. The van der Waals surface area contributed by atoms with Gasteiger partial charge >= 0.3 is 0 Å². The van der Waals surface area contributed by atoms with Crippen molar-refractivity contribution in [3.8, 4) is 0 Å². The molecule has 0 N–H and O–H groups in total. The molecule has 0 saturated carbocycles. The molecule has 84 valence electrons. The molecule has 0 bridgehead atoms. The predicted octanol–water partition coefficient (Wildman–Crippen LogP) is 4.02. The van der Waals surface area contributed by atoms with Gasteiger partial charge in [0, 0.05) is 22.0 Å². The second-order valence-electron chi connectivity index (χ2n) is 3.65. The summed E-state index contributed by atoms with van der Waals surface area (Å²) in [6, 6.07) is 0. The maximum Gasteiger partial charge on any atom is 0.0452 e. The summed E-state index contributed by atoms with van der Waals surface area (Å²) < 4.78 is 11.4. The van der Waals surface area contributed by atoms with Crippen LogP contribution in [0.3, 0.4) is 0 Å². The number of hydrogen-bond acceptors (Lipinski definition) is 1. The van der Waals surface area contributed by atoms with Crippen molar-refractivity contribution in [2.45, 2.75) is 59.3 Å². The molecule has 0 radical (unpaired) electrons. The van der Waals surface area contributed by atoms with Crippen molar-refractivity contribution in [1.29, 1.82) is 0 Å². The fourth-order valence-electron chi connectivity index (χ4n) is 1.32. The highest BCUT2D eigenvalue weighted by molar-refractivity contribution is 7.87. The summed E-state index contributed by atoms with van der Waals surface area (Å²) >= 11 is 0. The van der Waals surface area contributed by atoms with E-state index in [0.717, 1.165) is 18.6 Å². The molecular formula is C12H24OS. The Kier molecular flexibility index (Phi) is 9.37. The van der Waals surface area contributed by atoms with Crippen LogP contribution in [-0.2, 0) is 10.8 Å². The van der Waals surface area contributed by atoms with Gasteiger partial charge in [0.15, 0.2) is 0 Å². The molecule has 0 spiro atoms. The zero-order valence-corrected chi connectivity index (χ0v) is 10.7. The highest BCUT2D eigenvalue weighted by atomic mass is 32.2. The first kappa shape index (κ1) is 13.9. The van der Waals surface area contributed by atoms with Crippen molar-refractivity contribution in [3.05, 3.63) is 11.0 Å². The van der Waals surface area contributed by atoms with Gasteiger partial charge in [0.1, 0.15) is 0 Å². The van der Waals surface area contributed by atoms with Crippen molar-refractivity contribution >= 4 is 10.8 Å². The third-order valence-electron chi connectivity index (χ3n) is 2.29. The van der Waals surface area contributed by atoms with Crippen LogP contribution in [0.4, 0.5) is 0 Å². The molecule has 1 unspecified atom stereocenters. The molecule has 0 amide bonds. The van der Waals surface area contributed by atoms with Crippen molar-refractivity contribution in [3.63, 3.8) is 0 Å². The zero-order valence-electron chi connectivity index (χ0n) is 9.84. The maximum absolute atomic E-state index is 11.4. The van der Waals surface area contributed by atoms with Gasteiger partial charge in [-0.3, -0.25) is 4.21 Å². The first-order chi connectivity index (χ1) is 6.74. The third kappa shape index (κ3) is 7.31. The van der Waals surface area contributed by atoms with E-state index in [-0.39, 0.29) is 0 Å². The Labute approximate surface area is 91.4 Å². The Morgan fingerprint density at radius 3 is 1.93 bits per heavy atom. The van der Waals surface area contributed by atoms with Crippen LogP contribution < -0.4 is 0 Å². The van der Waals surface area contributed by atoms with E-state index in [4.69, 9.17) is 0 Å². The summed E-state index contributed by atoms with van der Waals surface area (Å²) in [7, 11) is -0.726. The summed E-state index contributed by atoms with van der Waals surface area (Å²) in [4.78, 5) is 0. The lowest BCUT2D eigenvalue weighted by Crippen LogP contribution is -1.92. The minimum absolute atomic E-state index is 0.726. The molecule has 0 heterocycles. The van der Waals surface area contributed by atoms with E-state index in [9.17, 15) is 4.21 Å². The lowest BCUT2D eigenvalue weighted by atomic mass is 10.1. The molecule has 0 saturated heterocycles. The Morgan fingerprint density at radius 2 is 1.57 bits per heavy atom. The molecule has 1 atom stereocenters. The lowest BCUT2D eigenvalue weighted by Gasteiger charge is -2.05. The minimum Gasteiger partial charge on any atom is -0.255 e. The summed E-state index contributed by atoms with van der Waals surface area (Å²) in [5.74, 6) is 0.752. The van der Waals surface area contributed by atoms with Crippen LogP contribution in [-0.4, -0.2) is 9.96 Å². The topological polar surface area (TPSA) is 17.1 Å². The second-order valence-corrected chi connectivity index (χ2v) is 5.23. The summed E-state index contributed by atoms with van der Waals surface area (Å²) in [6.07, 6.45) is 7.20.